The van der Waals surface area contributed by atoms with Gasteiger partial charge in [-0.05, 0) is 19.1 Å². The first-order chi connectivity index (χ1) is 8.53. The van der Waals surface area contributed by atoms with Crippen molar-refractivity contribution in [2.75, 3.05) is 36.8 Å². The summed E-state index contributed by atoms with van der Waals surface area (Å²) in [5.41, 5.74) is 0.934. The molecule has 1 aromatic rings. The maximum atomic E-state index is 11.7. The van der Waals surface area contributed by atoms with Crippen LogP contribution in [0.1, 0.15) is 6.92 Å². The zero-order chi connectivity index (χ0) is 13.2. The normalized spacial score (nSPS) is 17.9. The van der Waals surface area contributed by atoms with E-state index in [0.29, 0.717) is 26.2 Å². The highest BCUT2D eigenvalue weighted by Crippen LogP contribution is 2.21. The number of hydrogen-bond acceptors (Lipinski definition) is 4. The molecule has 1 heterocycles. The van der Waals surface area contributed by atoms with Crippen molar-refractivity contribution >= 4 is 15.7 Å². The zero-order valence-corrected chi connectivity index (χ0v) is 11.2. The summed E-state index contributed by atoms with van der Waals surface area (Å²) in [6.45, 7) is 3.99. The van der Waals surface area contributed by atoms with Crippen molar-refractivity contribution in [3.05, 3.63) is 24.3 Å². The minimum atomic E-state index is -3.08. The number of hydrogen-bond donors (Lipinski definition) is 1. The van der Waals surface area contributed by atoms with Gasteiger partial charge in [-0.3, -0.25) is 0 Å². The molecule has 1 aromatic carbocycles. The summed E-state index contributed by atoms with van der Waals surface area (Å²) in [6.07, 6.45) is 0. The molecule has 1 fully saturated rings. The van der Waals surface area contributed by atoms with Crippen molar-refractivity contribution in [3.8, 4) is 5.75 Å². The van der Waals surface area contributed by atoms with Gasteiger partial charge in [0.05, 0.1) is 5.75 Å². The molecule has 2 rings (SSSR count). The van der Waals surface area contributed by atoms with Crippen molar-refractivity contribution in [1.82, 2.24) is 4.31 Å². The Balaban J connectivity index is 2.03. The van der Waals surface area contributed by atoms with Crippen molar-refractivity contribution < 1.29 is 13.5 Å². The summed E-state index contributed by atoms with van der Waals surface area (Å²) in [7, 11) is -3.08. The Morgan fingerprint density at radius 1 is 1.22 bits per heavy atom. The van der Waals surface area contributed by atoms with E-state index in [9.17, 15) is 13.5 Å². The van der Waals surface area contributed by atoms with Gasteiger partial charge in [-0.1, -0.05) is 6.07 Å². The molecule has 18 heavy (non-hydrogen) atoms. The Kier molecular flexibility index (Phi) is 3.77. The van der Waals surface area contributed by atoms with E-state index in [2.05, 4.69) is 4.90 Å². The molecule has 0 aliphatic carbocycles. The molecule has 0 radical (unpaired) electrons. The molecule has 6 heteroatoms. The number of sulfonamides is 1. The van der Waals surface area contributed by atoms with E-state index in [1.807, 2.05) is 6.07 Å². The number of phenolic OH excluding ortho intramolecular Hbond substituents is 1. The lowest BCUT2D eigenvalue weighted by Crippen LogP contribution is -2.49. The second-order valence-electron chi connectivity index (χ2n) is 4.31. The molecule has 100 valence electrons. The van der Waals surface area contributed by atoms with Crippen molar-refractivity contribution in [3.63, 3.8) is 0 Å². The number of benzene rings is 1. The molecular weight excluding hydrogens is 252 g/mol. The lowest BCUT2D eigenvalue weighted by molar-refractivity contribution is 0.385. The van der Waals surface area contributed by atoms with E-state index in [0.717, 1.165) is 5.69 Å². The SMILES string of the molecule is CCS(=O)(=O)N1CCN(c2cccc(O)c2)CC1. The summed E-state index contributed by atoms with van der Waals surface area (Å²) in [5.74, 6) is 0.384. The summed E-state index contributed by atoms with van der Waals surface area (Å²) in [4.78, 5) is 2.08. The summed E-state index contributed by atoms with van der Waals surface area (Å²) < 4.78 is 25.0. The summed E-state index contributed by atoms with van der Waals surface area (Å²) >= 11 is 0. The number of nitrogens with zero attached hydrogens (tertiary/aromatic N) is 2. The average molecular weight is 270 g/mol. The highest BCUT2D eigenvalue weighted by Gasteiger charge is 2.25. The molecule has 0 bridgehead atoms. The first-order valence-corrected chi connectivity index (χ1v) is 7.65. The molecule has 1 N–H and O–H groups in total. The number of phenols is 1. The van der Waals surface area contributed by atoms with Gasteiger partial charge < -0.3 is 10.0 Å². The molecule has 0 atom stereocenters. The molecule has 0 amide bonds. The minimum absolute atomic E-state index is 0.152. The Bertz CT molecular complexity index is 508. The molecule has 0 unspecified atom stereocenters. The molecule has 1 saturated heterocycles. The molecule has 0 spiro atoms. The third-order valence-electron chi connectivity index (χ3n) is 3.19. The molecule has 5 nitrogen and oxygen atoms in total. The van der Waals surface area contributed by atoms with E-state index >= 15 is 0 Å². The second-order valence-corrected chi connectivity index (χ2v) is 6.56. The molecule has 0 aromatic heterocycles. The lowest BCUT2D eigenvalue weighted by Gasteiger charge is -2.35. The summed E-state index contributed by atoms with van der Waals surface area (Å²) in [5, 5.41) is 9.43. The molecule has 1 aliphatic heterocycles. The third kappa shape index (κ3) is 2.76. The predicted molar refractivity (Wildman–Crippen MR) is 71.4 cm³/mol. The van der Waals surface area contributed by atoms with Crippen LogP contribution < -0.4 is 4.90 Å². The Labute approximate surface area is 108 Å². The predicted octanol–water partition coefficient (Wildman–Crippen LogP) is 0.864. The number of anilines is 1. The maximum absolute atomic E-state index is 11.7. The van der Waals surface area contributed by atoms with E-state index in [4.69, 9.17) is 0 Å². The Hall–Kier alpha value is -1.27. The van der Waals surface area contributed by atoms with E-state index < -0.39 is 10.0 Å². The maximum Gasteiger partial charge on any atom is 0.213 e. The van der Waals surface area contributed by atoms with Gasteiger partial charge in [0.1, 0.15) is 5.75 Å². The van der Waals surface area contributed by atoms with E-state index in [1.165, 1.54) is 4.31 Å². The van der Waals surface area contributed by atoms with Crippen molar-refractivity contribution in [2.45, 2.75) is 6.92 Å². The van der Waals surface area contributed by atoms with Crippen molar-refractivity contribution in [1.29, 1.82) is 0 Å². The van der Waals surface area contributed by atoms with Crippen LogP contribution in [0, 0.1) is 0 Å². The third-order valence-corrected chi connectivity index (χ3v) is 5.07. The smallest absolute Gasteiger partial charge is 0.213 e. The van der Waals surface area contributed by atoms with Gasteiger partial charge in [0, 0.05) is 37.9 Å². The van der Waals surface area contributed by atoms with Gasteiger partial charge in [-0.2, -0.15) is 4.31 Å². The Morgan fingerprint density at radius 2 is 1.89 bits per heavy atom. The van der Waals surface area contributed by atoms with Gasteiger partial charge in [0.2, 0.25) is 10.0 Å². The lowest BCUT2D eigenvalue weighted by atomic mass is 10.2. The zero-order valence-electron chi connectivity index (χ0n) is 10.4. The van der Waals surface area contributed by atoms with Gasteiger partial charge >= 0.3 is 0 Å². The first-order valence-electron chi connectivity index (χ1n) is 6.05. The number of aromatic hydroxyl groups is 1. The van der Waals surface area contributed by atoms with E-state index in [-0.39, 0.29) is 11.5 Å². The molecule has 0 saturated carbocycles. The fraction of sp³-hybridized carbons (Fsp3) is 0.500. The monoisotopic (exact) mass is 270 g/mol. The number of piperazine rings is 1. The van der Waals surface area contributed by atoms with Gasteiger partial charge in [0.25, 0.3) is 0 Å². The first kappa shape index (κ1) is 13.2. The summed E-state index contributed by atoms with van der Waals surface area (Å²) in [6, 6.07) is 7.04. The van der Waals surface area contributed by atoms with Crippen LogP contribution in [0.25, 0.3) is 0 Å². The average Bonchev–Trinajstić information content (AvgIpc) is 2.39. The van der Waals surface area contributed by atoms with Crippen LogP contribution in [0.2, 0.25) is 0 Å². The van der Waals surface area contributed by atoms with Crippen LogP contribution in [0.15, 0.2) is 24.3 Å². The van der Waals surface area contributed by atoms with Crippen molar-refractivity contribution in [2.24, 2.45) is 0 Å². The fourth-order valence-electron chi connectivity index (χ4n) is 2.10. The van der Waals surface area contributed by atoms with Crippen LogP contribution in [0.3, 0.4) is 0 Å². The standard InChI is InChI=1S/C12H18N2O3S/c1-2-18(16,17)14-8-6-13(7-9-14)11-4-3-5-12(15)10-11/h3-5,10,15H,2,6-9H2,1H3. The Morgan fingerprint density at radius 3 is 2.44 bits per heavy atom. The molecule has 1 aliphatic rings. The molecular formula is C12H18N2O3S. The quantitative estimate of drug-likeness (QED) is 0.885. The van der Waals surface area contributed by atoms with Crippen LogP contribution >= 0.6 is 0 Å². The van der Waals surface area contributed by atoms with Gasteiger partial charge in [-0.15, -0.1) is 0 Å². The minimum Gasteiger partial charge on any atom is -0.508 e. The van der Waals surface area contributed by atoms with Crippen LogP contribution in [0.5, 0.6) is 5.75 Å². The highest BCUT2D eigenvalue weighted by atomic mass is 32.2. The van der Waals surface area contributed by atoms with Gasteiger partial charge in [0.15, 0.2) is 0 Å². The van der Waals surface area contributed by atoms with Crippen LogP contribution in [-0.2, 0) is 10.0 Å². The van der Waals surface area contributed by atoms with Crippen LogP contribution in [0.4, 0.5) is 5.69 Å². The fourth-order valence-corrected chi connectivity index (χ4v) is 3.18. The van der Waals surface area contributed by atoms with Gasteiger partial charge in [-0.25, -0.2) is 8.42 Å². The van der Waals surface area contributed by atoms with Crippen LogP contribution in [-0.4, -0.2) is 49.8 Å². The van der Waals surface area contributed by atoms with E-state index in [1.54, 1.807) is 25.1 Å². The highest BCUT2D eigenvalue weighted by molar-refractivity contribution is 7.89. The second kappa shape index (κ2) is 5.16. The topological polar surface area (TPSA) is 60.9 Å². The largest absolute Gasteiger partial charge is 0.508 e. The number of rotatable bonds is 3.